The van der Waals surface area contributed by atoms with Crippen molar-refractivity contribution < 1.29 is 9.90 Å². The van der Waals surface area contributed by atoms with Gasteiger partial charge in [0.2, 0.25) is 0 Å². The van der Waals surface area contributed by atoms with Crippen molar-refractivity contribution in [2.24, 2.45) is 0 Å². The van der Waals surface area contributed by atoms with Crippen LogP contribution in [0.15, 0.2) is 24.1 Å². The summed E-state index contributed by atoms with van der Waals surface area (Å²) in [5, 5.41) is 14.5. The van der Waals surface area contributed by atoms with Crippen LogP contribution in [0.4, 0.5) is 0 Å². The zero-order valence-corrected chi connectivity index (χ0v) is 7.94. The topological polar surface area (TPSA) is 68.0 Å². The highest BCUT2D eigenvalue weighted by Gasteiger charge is 2.11. The van der Waals surface area contributed by atoms with Crippen LogP contribution >= 0.6 is 11.3 Å². The maximum atomic E-state index is 10.8. The summed E-state index contributed by atoms with van der Waals surface area (Å²) < 4.78 is 1.59. The number of carbonyl (C=O) groups is 1. The highest BCUT2D eigenvalue weighted by atomic mass is 32.1. The van der Waals surface area contributed by atoms with E-state index in [-0.39, 0.29) is 0 Å². The molecule has 0 amide bonds. The summed E-state index contributed by atoms with van der Waals surface area (Å²) in [6.45, 7) is 0.450. The molecule has 0 aliphatic carbocycles. The minimum absolute atomic E-state index is 0.362. The fourth-order valence-corrected chi connectivity index (χ4v) is 1.89. The standard InChI is InChI=1S/C8H7N3O2S/c12-8(13)7-6(1-2-14-7)3-11-5-9-4-10-11/h1-2,4-5H,3H2,(H,12,13). The molecule has 14 heavy (non-hydrogen) atoms. The van der Waals surface area contributed by atoms with Crippen molar-refractivity contribution in [3.05, 3.63) is 34.5 Å². The summed E-state index contributed by atoms with van der Waals surface area (Å²) in [6, 6.07) is 1.79. The van der Waals surface area contributed by atoms with Crippen molar-refractivity contribution in [2.45, 2.75) is 6.54 Å². The Hall–Kier alpha value is -1.69. The van der Waals surface area contributed by atoms with E-state index in [1.807, 2.05) is 0 Å². The van der Waals surface area contributed by atoms with Gasteiger partial charge in [-0.05, 0) is 17.0 Å². The third kappa shape index (κ3) is 1.64. The number of rotatable bonds is 3. The minimum atomic E-state index is -0.893. The van der Waals surface area contributed by atoms with Gasteiger partial charge < -0.3 is 5.11 Å². The first kappa shape index (κ1) is 8.89. The van der Waals surface area contributed by atoms with Gasteiger partial charge in [-0.1, -0.05) is 0 Å². The molecule has 5 nitrogen and oxygen atoms in total. The summed E-state index contributed by atoms with van der Waals surface area (Å²) in [7, 11) is 0. The van der Waals surface area contributed by atoms with E-state index >= 15 is 0 Å². The number of hydrogen-bond donors (Lipinski definition) is 1. The van der Waals surface area contributed by atoms with Gasteiger partial charge in [-0.3, -0.25) is 0 Å². The van der Waals surface area contributed by atoms with Gasteiger partial charge in [0.25, 0.3) is 0 Å². The summed E-state index contributed by atoms with van der Waals surface area (Å²) in [4.78, 5) is 14.9. The van der Waals surface area contributed by atoms with Crippen molar-refractivity contribution in [3.63, 3.8) is 0 Å². The van der Waals surface area contributed by atoms with Crippen molar-refractivity contribution in [3.8, 4) is 0 Å². The van der Waals surface area contributed by atoms with Crippen LogP contribution in [0.1, 0.15) is 15.2 Å². The van der Waals surface area contributed by atoms with Crippen LogP contribution in [0.2, 0.25) is 0 Å². The highest BCUT2D eigenvalue weighted by molar-refractivity contribution is 7.12. The molecule has 0 bridgehead atoms. The van der Waals surface area contributed by atoms with Gasteiger partial charge in [0.15, 0.2) is 0 Å². The lowest BCUT2D eigenvalue weighted by atomic mass is 10.2. The minimum Gasteiger partial charge on any atom is -0.477 e. The first-order valence-electron chi connectivity index (χ1n) is 3.89. The monoisotopic (exact) mass is 209 g/mol. The molecule has 0 saturated carbocycles. The number of nitrogens with zero attached hydrogens (tertiary/aromatic N) is 3. The second-order valence-corrected chi connectivity index (χ2v) is 3.59. The van der Waals surface area contributed by atoms with Crippen molar-refractivity contribution in [1.82, 2.24) is 14.8 Å². The maximum absolute atomic E-state index is 10.8. The third-order valence-corrected chi connectivity index (χ3v) is 2.68. The molecule has 0 saturated heterocycles. The summed E-state index contributed by atoms with van der Waals surface area (Å²) in [6.07, 6.45) is 2.98. The molecule has 0 spiro atoms. The Morgan fingerprint density at radius 2 is 2.50 bits per heavy atom. The van der Waals surface area contributed by atoms with Gasteiger partial charge in [-0.15, -0.1) is 11.3 Å². The van der Waals surface area contributed by atoms with E-state index < -0.39 is 5.97 Å². The Labute approximate surface area is 83.6 Å². The van der Waals surface area contributed by atoms with Crippen molar-refractivity contribution in [1.29, 1.82) is 0 Å². The zero-order chi connectivity index (χ0) is 9.97. The number of thiophene rings is 1. The number of aromatic carboxylic acids is 1. The molecular weight excluding hydrogens is 202 g/mol. The van der Waals surface area contributed by atoms with Crippen molar-refractivity contribution in [2.75, 3.05) is 0 Å². The SMILES string of the molecule is O=C(O)c1sccc1Cn1cncn1. The van der Waals surface area contributed by atoms with E-state index in [2.05, 4.69) is 10.1 Å². The lowest BCUT2D eigenvalue weighted by Gasteiger charge is -1.99. The van der Waals surface area contributed by atoms with E-state index in [1.165, 1.54) is 17.7 Å². The molecular formula is C8H7N3O2S. The predicted octanol–water partition coefficient (Wildman–Crippen LogP) is 1.09. The molecule has 0 aliphatic heterocycles. The van der Waals surface area contributed by atoms with E-state index in [0.717, 1.165) is 5.56 Å². The van der Waals surface area contributed by atoms with Gasteiger partial charge in [-0.2, -0.15) is 5.10 Å². The summed E-state index contributed by atoms with van der Waals surface area (Å²) in [5.74, 6) is -0.893. The van der Waals surface area contributed by atoms with E-state index in [4.69, 9.17) is 5.11 Å². The molecule has 2 rings (SSSR count). The van der Waals surface area contributed by atoms with E-state index in [1.54, 1.807) is 22.5 Å². The van der Waals surface area contributed by atoms with Gasteiger partial charge in [0, 0.05) is 0 Å². The molecule has 6 heteroatoms. The summed E-state index contributed by atoms with van der Waals surface area (Å²) >= 11 is 1.22. The number of carboxylic acids is 1. The maximum Gasteiger partial charge on any atom is 0.346 e. The second kappa shape index (κ2) is 3.59. The fourth-order valence-electron chi connectivity index (χ4n) is 1.14. The summed E-state index contributed by atoms with van der Waals surface area (Å²) in [5.41, 5.74) is 0.757. The highest BCUT2D eigenvalue weighted by Crippen LogP contribution is 2.17. The predicted molar refractivity (Wildman–Crippen MR) is 50.4 cm³/mol. The van der Waals surface area contributed by atoms with Gasteiger partial charge in [0.1, 0.15) is 17.5 Å². The average Bonchev–Trinajstić information content (AvgIpc) is 2.75. The smallest absolute Gasteiger partial charge is 0.346 e. The van der Waals surface area contributed by atoms with E-state index in [9.17, 15) is 4.79 Å². The molecule has 2 aromatic heterocycles. The van der Waals surface area contributed by atoms with Crippen LogP contribution < -0.4 is 0 Å². The van der Waals surface area contributed by atoms with Crippen LogP contribution in [0, 0.1) is 0 Å². The molecule has 72 valence electrons. The van der Waals surface area contributed by atoms with Crippen molar-refractivity contribution >= 4 is 17.3 Å². The molecule has 0 aliphatic rings. The largest absolute Gasteiger partial charge is 0.477 e. The molecule has 2 heterocycles. The third-order valence-electron chi connectivity index (χ3n) is 1.74. The second-order valence-electron chi connectivity index (χ2n) is 2.67. The normalized spacial score (nSPS) is 10.3. The molecule has 0 unspecified atom stereocenters. The van der Waals surface area contributed by atoms with Gasteiger partial charge in [0.05, 0.1) is 6.54 Å². The van der Waals surface area contributed by atoms with Gasteiger partial charge >= 0.3 is 5.97 Å². The molecule has 0 radical (unpaired) electrons. The fraction of sp³-hybridized carbons (Fsp3) is 0.125. The number of hydrogen-bond acceptors (Lipinski definition) is 4. The first-order valence-corrected chi connectivity index (χ1v) is 4.77. The molecule has 1 N–H and O–H groups in total. The molecule has 2 aromatic rings. The molecule has 0 atom stereocenters. The molecule has 0 fully saturated rings. The van der Waals surface area contributed by atoms with Crippen LogP contribution in [-0.4, -0.2) is 25.8 Å². The Kier molecular flexibility index (Phi) is 2.28. The lowest BCUT2D eigenvalue weighted by Crippen LogP contribution is -2.04. The molecule has 0 aromatic carbocycles. The van der Waals surface area contributed by atoms with Crippen LogP contribution in [-0.2, 0) is 6.54 Å². The number of carboxylic acid groups (broad SMARTS) is 1. The van der Waals surface area contributed by atoms with E-state index in [0.29, 0.717) is 11.4 Å². The van der Waals surface area contributed by atoms with Gasteiger partial charge in [-0.25, -0.2) is 14.5 Å². The quantitative estimate of drug-likeness (QED) is 0.821. The average molecular weight is 209 g/mol. The zero-order valence-electron chi connectivity index (χ0n) is 7.12. The van der Waals surface area contributed by atoms with Crippen LogP contribution in [0.25, 0.3) is 0 Å². The van der Waals surface area contributed by atoms with Crippen LogP contribution in [0.5, 0.6) is 0 Å². The Bertz CT molecular complexity index is 435. The van der Waals surface area contributed by atoms with Crippen LogP contribution in [0.3, 0.4) is 0 Å². The Morgan fingerprint density at radius 1 is 1.64 bits per heavy atom. The lowest BCUT2D eigenvalue weighted by molar-refractivity contribution is 0.0701. The Morgan fingerprint density at radius 3 is 3.14 bits per heavy atom. The Balaban J connectivity index is 2.25. The number of aromatic nitrogens is 3. The first-order chi connectivity index (χ1) is 6.77.